The van der Waals surface area contributed by atoms with Gasteiger partial charge in [0, 0.05) is 25.7 Å². The van der Waals surface area contributed by atoms with Crippen LogP contribution in [0, 0.1) is 5.92 Å². The van der Waals surface area contributed by atoms with Gasteiger partial charge in [0.05, 0.1) is 6.54 Å². The largest absolute Gasteiger partial charge is 0.370 e. The summed E-state index contributed by atoms with van der Waals surface area (Å²) in [6.45, 7) is 9.96. The standard InChI is InChI=1S/C15H30N4/c1-13-6-10-19(11-7-13)15(16)17-8-12-18-9-4-3-5-14(18)2/h13-14H,3-12H2,1-2H3,(H2,16,17). The lowest BCUT2D eigenvalue weighted by atomic mass is 10.00. The molecule has 0 aliphatic carbocycles. The van der Waals surface area contributed by atoms with Crippen LogP contribution in [0.5, 0.6) is 0 Å². The molecule has 1 atom stereocenters. The molecule has 2 N–H and O–H groups in total. The Morgan fingerprint density at radius 3 is 2.53 bits per heavy atom. The fourth-order valence-corrected chi connectivity index (χ4v) is 3.12. The zero-order valence-electron chi connectivity index (χ0n) is 12.6. The van der Waals surface area contributed by atoms with Crippen LogP contribution in [0.3, 0.4) is 0 Å². The van der Waals surface area contributed by atoms with Crippen molar-refractivity contribution >= 4 is 5.96 Å². The van der Waals surface area contributed by atoms with Gasteiger partial charge in [-0.2, -0.15) is 0 Å². The minimum absolute atomic E-state index is 0.723. The second-order valence-electron chi connectivity index (χ2n) is 6.29. The molecule has 2 heterocycles. The second-order valence-corrected chi connectivity index (χ2v) is 6.29. The average molecular weight is 266 g/mol. The molecule has 0 spiro atoms. The molecular weight excluding hydrogens is 236 g/mol. The van der Waals surface area contributed by atoms with Gasteiger partial charge in [-0.15, -0.1) is 0 Å². The molecule has 2 fully saturated rings. The Labute approximate surface area is 118 Å². The fourth-order valence-electron chi connectivity index (χ4n) is 3.12. The van der Waals surface area contributed by atoms with Crippen molar-refractivity contribution < 1.29 is 0 Å². The van der Waals surface area contributed by atoms with E-state index in [2.05, 4.69) is 28.6 Å². The summed E-state index contributed by atoms with van der Waals surface area (Å²) in [5.74, 6) is 1.61. The monoisotopic (exact) mass is 266 g/mol. The SMILES string of the molecule is CC1CCN(C(N)=NCCN2CCCCC2C)CC1. The van der Waals surface area contributed by atoms with Crippen molar-refractivity contribution in [1.82, 2.24) is 9.80 Å². The van der Waals surface area contributed by atoms with E-state index in [9.17, 15) is 0 Å². The third-order valence-corrected chi connectivity index (χ3v) is 4.71. The maximum atomic E-state index is 6.10. The average Bonchev–Trinajstić information content (AvgIpc) is 2.41. The van der Waals surface area contributed by atoms with Gasteiger partial charge in [-0.1, -0.05) is 13.3 Å². The summed E-state index contributed by atoms with van der Waals surface area (Å²) in [7, 11) is 0. The van der Waals surface area contributed by atoms with Crippen LogP contribution in [0.1, 0.15) is 46.0 Å². The Kier molecular flexibility index (Phi) is 5.49. The summed E-state index contributed by atoms with van der Waals surface area (Å²) < 4.78 is 0. The molecule has 19 heavy (non-hydrogen) atoms. The Balaban J connectivity index is 1.72. The first-order valence-corrected chi connectivity index (χ1v) is 7.95. The number of hydrogen-bond donors (Lipinski definition) is 1. The van der Waals surface area contributed by atoms with E-state index >= 15 is 0 Å². The highest BCUT2D eigenvalue weighted by Crippen LogP contribution is 2.16. The summed E-state index contributed by atoms with van der Waals surface area (Å²) in [5.41, 5.74) is 6.10. The highest BCUT2D eigenvalue weighted by molar-refractivity contribution is 5.78. The highest BCUT2D eigenvalue weighted by Gasteiger charge is 2.18. The van der Waals surface area contributed by atoms with E-state index < -0.39 is 0 Å². The maximum Gasteiger partial charge on any atom is 0.191 e. The van der Waals surface area contributed by atoms with Gasteiger partial charge in [0.25, 0.3) is 0 Å². The number of guanidine groups is 1. The van der Waals surface area contributed by atoms with E-state index in [0.29, 0.717) is 0 Å². The molecule has 4 heteroatoms. The van der Waals surface area contributed by atoms with Gasteiger partial charge in [0.15, 0.2) is 5.96 Å². The Morgan fingerprint density at radius 1 is 1.11 bits per heavy atom. The van der Waals surface area contributed by atoms with E-state index in [1.165, 1.54) is 38.6 Å². The van der Waals surface area contributed by atoms with Crippen LogP contribution in [0.15, 0.2) is 4.99 Å². The summed E-state index contributed by atoms with van der Waals surface area (Å²) >= 11 is 0. The van der Waals surface area contributed by atoms with Crippen LogP contribution in [0.2, 0.25) is 0 Å². The minimum atomic E-state index is 0.723. The van der Waals surface area contributed by atoms with Crippen molar-refractivity contribution in [2.24, 2.45) is 16.6 Å². The zero-order valence-corrected chi connectivity index (χ0v) is 12.6. The summed E-state index contributed by atoms with van der Waals surface area (Å²) in [6.07, 6.45) is 6.56. The van der Waals surface area contributed by atoms with Gasteiger partial charge in [-0.25, -0.2) is 0 Å². The molecule has 2 saturated heterocycles. The number of rotatable bonds is 3. The molecule has 110 valence electrons. The predicted octanol–water partition coefficient (Wildman–Crippen LogP) is 1.91. The number of nitrogens with two attached hydrogens (primary N) is 1. The molecule has 2 rings (SSSR count). The lowest BCUT2D eigenvalue weighted by molar-refractivity contribution is 0.165. The molecule has 4 nitrogen and oxygen atoms in total. The Bertz CT molecular complexity index is 295. The fraction of sp³-hybridized carbons (Fsp3) is 0.933. The molecule has 0 amide bonds. The van der Waals surface area contributed by atoms with Crippen molar-refractivity contribution in [2.75, 3.05) is 32.7 Å². The molecule has 2 aliphatic heterocycles. The van der Waals surface area contributed by atoms with E-state index in [4.69, 9.17) is 5.73 Å². The maximum absolute atomic E-state index is 6.10. The van der Waals surface area contributed by atoms with Gasteiger partial charge in [-0.05, 0) is 45.1 Å². The molecule has 0 radical (unpaired) electrons. The van der Waals surface area contributed by atoms with Crippen molar-refractivity contribution in [3.05, 3.63) is 0 Å². The quantitative estimate of drug-likeness (QED) is 0.627. The van der Waals surface area contributed by atoms with E-state index in [-0.39, 0.29) is 0 Å². The number of piperidine rings is 2. The first-order valence-electron chi connectivity index (χ1n) is 7.95. The molecule has 0 aromatic heterocycles. The molecule has 0 saturated carbocycles. The first kappa shape index (κ1) is 14.6. The highest BCUT2D eigenvalue weighted by atomic mass is 15.3. The van der Waals surface area contributed by atoms with Crippen molar-refractivity contribution in [3.8, 4) is 0 Å². The Morgan fingerprint density at radius 2 is 1.84 bits per heavy atom. The summed E-state index contributed by atoms with van der Waals surface area (Å²) in [6, 6.07) is 0.723. The molecular formula is C15H30N4. The van der Waals surface area contributed by atoms with Crippen molar-refractivity contribution in [1.29, 1.82) is 0 Å². The van der Waals surface area contributed by atoms with Gasteiger partial charge in [-0.3, -0.25) is 9.89 Å². The lowest BCUT2D eigenvalue weighted by Gasteiger charge is -2.33. The molecule has 0 aromatic rings. The van der Waals surface area contributed by atoms with Crippen LogP contribution in [-0.2, 0) is 0 Å². The normalized spacial score (nSPS) is 27.8. The minimum Gasteiger partial charge on any atom is -0.370 e. The number of nitrogens with zero attached hydrogens (tertiary/aromatic N) is 3. The first-order chi connectivity index (χ1) is 9.16. The van der Waals surface area contributed by atoms with Crippen LogP contribution < -0.4 is 5.73 Å². The summed E-state index contributed by atoms with van der Waals surface area (Å²) in [4.78, 5) is 9.38. The van der Waals surface area contributed by atoms with Crippen molar-refractivity contribution in [3.63, 3.8) is 0 Å². The molecule has 2 aliphatic rings. The van der Waals surface area contributed by atoms with Crippen LogP contribution in [0.4, 0.5) is 0 Å². The summed E-state index contributed by atoms with van der Waals surface area (Å²) in [5, 5.41) is 0. The second kappa shape index (κ2) is 7.13. The van der Waals surface area contributed by atoms with E-state index in [0.717, 1.165) is 44.1 Å². The predicted molar refractivity (Wildman–Crippen MR) is 81.3 cm³/mol. The lowest BCUT2D eigenvalue weighted by Crippen LogP contribution is -2.43. The van der Waals surface area contributed by atoms with Gasteiger partial charge < -0.3 is 10.6 Å². The zero-order chi connectivity index (χ0) is 13.7. The number of aliphatic imine (C=N–C) groups is 1. The number of hydrogen-bond acceptors (Lipinski definition) is 2. The van der Waals surface area contributed by atoms with Crippen LogP contribution in [-0.4, -0.2) is 54.5 Å². The van der Waals surface area contributed by atoms with Gasteiger partial charge >= 0.3 is 0 Å². The molecule has 0 bridgehead atoms. The molecule has 1 unspecified atom stereocenters. The van der Waals surface area contributed by atoms with Gasteiger partial charge in [0.1, 0.15) is 0 Å². The van der Waals surface area contributed by atoms with E-state index in [1.807, 2.05) is 0 Å². The third kappa shape index (κ3) is 4.37. The van der Waals surface area contributed by atoms with Crippen LogP contribution in [0.25, 0.3) is 0 Å². The smallest absolute Gasteiger partial charge is 0.191 e. The Hall–Kier alpha value is -0.770. The van der Waals surface area contributed by atoms with E-state index in [1.54, 1.807) is 0 Å². The third-order valence-electron chi connectivity index (χ3n) is 4.71. The van der Waals surface area contributed by atoms with Gasteiger partial charge in [0.2, 0.25) is 0 Å². The topological polar surface area (TPSA) is 44.9 Å². The van der Waals surface area contributed by atoms with Crippen LogP contribution >= 0.6 is 0 Å². The van der Waals surface area contributed by atoms with Crippen molar-refractivity contribution in [2.45, 2.75) is 52.0 Å². The number of likely N-dealkylation sites (tertiary alicyclic amines) is 2. The molecule has 0 aromatic carbocycles.